The van der Waals surface area contributed by atoms with Gasteiger partial charge in [-0.3, -0.25) is 14.7 Å². The SMILES string of the molecule is CN1N=C(c2nccs2)CC1=O.Cc1ccc(-n2[nH]c(-c3nccs3)c(N=Nc3cccc(-c4cccc(C(=O)O)c4)c3O)c2=O)cc1C. The van der Waals surface area contributed by atoms with Crippen LogP contribution in [-0.2, 0) is 4.79 Å². The van der Waals surface area contributed by atoms with Crippen LogP contribution in [0.1, 0.15) is 32.9 Å². The van der Waals surface area contributed by atoms with Gasteiger partial charge in [0.1, 0.15) is 27.1 Å². The van der Waals surface area contributed by atoms with Crippen molar-refractivity contribution in [2.24, 2.45) is 15.3 Å². The lowest BCUT2D eigenvalue weighted by Gasteiger charge is -2.07. The summed E-state index contributed by atoms with van der Waals surface area (Å²) in [6, 6.07) is 16.8. The summed E-state index contributed by atoms with van der Waals surface area (Å²) < 4.78 is 1.39. The quantitative estimate of drug-likeness (QED) is 0.149. The molecule has 0 bridgehead atoms. The van der Waals surface area contributed by atoms with E-state index in [-0.39, 0.29) is 28.6 Å². The second-order valence-corrected chi connectivity index (χ2v) is 12.6. The first-order valence-corrected chi connectivity index (χ1v) is 16.5. The number of carbonyl (C=O) groups excluding carboxylic acids is 1. The van der Waals surface area contributed by atoms with E-state index in [1.165, 1.54) is 44.5 Å². The minimum atomic E-state index is -1.07. The van der Waals surface area contributed by atoms with E-state index in [4.69, 9.17) is 0 Å². The first-order valence-electron chi connectivity index (χ1n) is 14.7. The molecule has 15 heteroatoms. The van der Waals surface area contributed by atoms with E-state index in [2.05, 4.69) is 30.4 Å². The molecular weight excluding hydrogens is 665 g/mol. The van der Waals surface area contributed by atoms with Gasteiger partial charge in [0.25, 0.3) is 5.56 Å². The molecule has 49 heavy (non-hydrogen) atoms. The van der Waals surface area contributed by atoms with Crippen LogP contribution < -0.4 is 5.56 Å². The third-order valence-electron chi connectivity index (χ3n) is 7.58. The third-order valence-corrected chi connectivity index (χ3v) is 9.20. The fourth-order valence-corrected chi connectivity index (χ4v) is 6.10. The number of carboxylic acids is 1. The predicted octanol–water partition coefficient (Wildman–Crippen LogP) is 7.10. The molecule has 0 saturated heterocycles. The molecule has 1 amide bonds. The van der Waals surface area contributed by atoms with E-state index in [1.54, 1.807) is 55.2 Å². The van der Waals surface area contributed by atoms with Gasteiger partial charge in [-0.2, -0.15) is 5.10 Å². The summed E-state index contributed by atoms with van der Waals surface area (Å²) in [5.41, 5.74) is 4.72. The first-order chi connectivity index (χ1) is 23.6. The lowest BCUT2D eigenvalue weighted by Crippen LogP contribution is -2.14. The average Bonchev–Trinajstić information content (AvgIpc) is 3.92. The summed E-state index contributed by atoms with van der Waals surface area (Å²) >= 11 is 2.85. The zero-order chi connectivity index (χ0) is 34.7. The van der Waals surface area contributed by atoms with Gasteiger partial charge in [-0.15, -0.1) is 32.9 Å². The Morgan fingerprint density at radius 2 is 1.65 bits per heavy atom. The van der Waals surface area contributed by atoms with Gasteiger partial charge in [0.05, 0.1) is 17.7 Å². The minimum absolute atomic E-state index is 0.0280. The number of hydrogen-bond acceptors (Lipinski definition) is 11. The highest BCUT2D eigenvalue weighted by molar-refractivity contribution is 7.13. The van der Waals surface area contributed by atoms with Crippen LogP contribution >= 0.6 is 22.7 Å². The second kappa shape index (κ2) is 14.0. The van der Waals surface area contributed by atoms with Gasteiger partial charge in [0.2, 0.25) is 5.91 Å². The number of hydrazone groups is 1. The maximum atomic E-state index is 13.4. The molecule has 0 spiro atoms. The van der Waals surface area contributed by atoms with E-state index < -0.39 is 11.5 Å². The van der Waals surface area contributed by atoms with E-state index in [0.29, 0.717) is 33.9 Å². The smallest absolute Gasteiger partial charge is 0.335 e. The van der Waals surface area contributed by atoms with Crippen LogP contribution in [0.15, 0.2) is 104 Å². The molecule has 0 aliphatic carbocycles. The summed E-state index contributed by atoms with van der Waals surface area (Å²) in [7, 11) is 1.66. The van der Waals surface area contributed by atoms with Crippen molar-refractivity contribution in [2.45, 2.75) is 20.3 Å². The van der Waals surface area contributed by atoms with Crippen LogP contribution in [0.2, 0.25) is 0 Å². The number of carboxylic acid groups (broad SMARTS) is 1. The number of aromatic amines is 1. The van der Waals surface area contributed by atoms with E-state index in [0.717, 1.165) is 21.8 Å². The Morgan fingerprint density at radius 3 is 2.31 bits per heavy atom. The monoisotopic (exact) mass is 692 g/mol. The number of rotatable bonds is 7. The van der Waals surface area contributed by atoms with Crippen molar-refractivity contribution >= 4 is 51.6 Å². The van der Waals surface area contributed by atoms with Crippen molar-refractivity contribution in [1.82, 2.24) is 24.8 Å². The molecule has 3 aromatic carbocycles. The number of nitrogens with zero attached hydrogens (tertiary/aromatic N) is 7. The summed E-state index contributed by atoms with van der Waals surface area (Å²) in [6.07, 6.45) is 3.72. The highest BCUT2D eigenvalue weighted by Gasteiger charge is 2.23. The van der Waals surface area contributed by atoms with Gasteiger partial charge >= 0.3 is 5.97 Å². The Morgan fingerprint density at radius 1 is 0.918 bits per heavy atom. The van der Waals surface area contributed by atoms with Crippen LogP contribution in [0, 0.1) is 13.8 Å². The first kappa shape index (κ1) is 32.9. The molecule has 7 rings (SSSR count). The van der Waals surface area contributed by atoms with E-state index >= 15 is 0 Å². The zero-order valence-electron chi connectivity index (χ0n) is 26.4. The molecular formula is C34H28N8O5S2. The Labute approximate surface area is 287 Å². The fourth-order valence-electron chi connectivity index (χ4n) is 4.85. The Hall–Kier alpha value is -6.06. The molecule has 0 fully saturated rings. The number of para-hydroxylation sites is 1. The fraction of sp³-hybridized carbons (Fsp3) is 0.118. The Bertz CT molecular complexity index is 2290. The highest BCUT2D eigenvalue weighted by Crippen LogP contribution is 2.39. The minimum Gasteiger partial charge on any atom is -0.505 e. The number of phenolic OH excluding ortho intramolecular Hbond substituents is 1. The number of benzene rings is 3. The molecule has 4 heterocycles. The number of hydrogen-bond donors (Lipinski definition) is 3. The molecule has 0 unspecified atom stereocenters. The van der Waals surface area contributed by atoms with Crippen molar-refractivity contribution in [2.75, 3.05) is 7.05 Å². The second-order valence-electron chi connectivity index (χ2n) is 10.8. The molecule has 246 valence electrons. The number of aromatic hydroxyl groups is 1. The summed E-state index contributed by atoms with van der Waals surface area (Å²) in [5.74, 6) is -1.23. The van der Waals surface area contributed by atoms with Crippen molar-refractivity contribution in [3.05, 3.63) is 116 Å². The summed E-state index contributed by atoms with van der Waals surface area (Å²) in [6.45, 7) is 3.97. The predicted molar refractivity (Wildman–Crippen MR) is 188 cm³/mol. The van der Waals surface area contributed by atoms with Gasteiger partial charge in [-0.05, 0) is 60.9 Å². The van der Waals surface area contributed by atoms with Gasteiger partial charge in [0.15, 0.2) is 11.4 Å². The van der Waals surface area contributed by atoms with Gasteiger partial charge in [-0.1, -0.05) is 30.3 Å². The lowest BCUT2D eigenvalue weighted by atomic mass is 10.0. The number of aryl methyl sites for hydroxylation is 2. The maximum Gasteiger partial charge on any atom is 0.335 e. The lowest BCUT2D eigenvalue weighted by molar-refractivity contribution is -0.127. The topological polar surface area (TPSA) is 178 Å². The molecule has 0 radical (unpaired) electrons. The molecule has 13 nitrogen and oxygen atoms in total. The molecule has 0 saturated carbocycles. The number of amides is 1. The molecule has 3 N–H and O–H groups in total. The number of nitrogens with one attached hydrogen (secondary N) is 1. The Balaban J connectivity index is 0.000000291. The summed E-state index contributed by atoms with van der Waals surface area (Å²) in [4.78, 5) is 44.2. The molecule has 6 aromatic rings. The van der Waals surface area contributed by atoms with Crippen LogP contribution in [0.3, 0.4) is 0 Å². The number of phenols is 1. The molecule has 1 aliphatic heterocycles. The van der Waals surface area contributed by atoms with Crippen molar-refractivity contribution in [3.63, 3.8) is 0 Å². The van der Waals surface area contributed by atoms with Crippen LogP contribution in [0.25, 0.3) is 27.5 Å². The van der Waals surface area contributed by atoms with E-state index in [9.17, 15) is 24.6 Å². The van der Waals surface area contributed by atoms with Crippen LogP contribution in [0.4, 0.5) is 11.4 Å². The number of H-pyrrole nitrogens is 1. The van der Waals surface area contributed by atoms with Gasteiger partial charge in [-0.25, -0.2) is 24.5 Å². The van der Waals surface area contributed by atoms with Gasteiger partial charge < -0.3 is 10.2 Å². The summed E-state index contributed by atoms with van der Waals surface area (Å²) in [5, 5.41) is 42.2. The third kappa shape index (κ3) is 6.97. The number of carbonyl (C=O) groups is 2. The van der Waals surface area contributed by atoms with Gasteiger partial charge in [0, 0.05) is 35.8 Å². The number of aromatic nitrogens is 4. The van der Waals surface area contributed by atoms with E-state index in [1.807, 2.05) is 37.4 Å². The maximum absolute atomic E-state index is 13.4. The Kier molecular flexibility index (Phi) is 9.37. The number of azo groups is 1. The largest absolute Gasteiger partial charge is 0.505 e. The van der Waals surface area contributed by atoms with Crippen molar-refractivity contribution in [3.8, 4) is 33.3 Å². The zero-order valence-corrected chi connectivity index (χ0v) is 28.0. The van der Waals surface area contributed by atoms with Crippen molar-refractivity contribution < 1.29 is 19.8 Å². The highest BCUT2D eigenvalue weighted by atomic mass is 32.1. The number of aromatic carboxylic acids is 1. The van der Waals surface area contributed by atoms with Crippen molar-refractivity contribution in [1.29, 1.82) is 0 Å². The van der Waals surface area contributed by atoms with Crippen LogP contribution in [0.5, 0.6) is 5.75 Å². The normalized spacial score (nSPS) is 12.7. The molecule has 3 aromatic heterocycles. The molecule has 0 atom stereocenters. The number of thiazole rings is 2. The standard InChI is InChI=1S/C27H21N5O4S.C7H7N3OS/c1-15-9-10-19(13-16(15)2)32-26(34)23(22(31-32)25-28-11-12-37-25)30-29-21-8-4-7-20(24(21)33)17-5-3-6-18(14-17)27(35)36;1-10-6(11)4-5(9-10)7-8-2-3-12-7/h3-14,31,33H,1-2H3,(H,35,36);2-3H,4H2,1H3. The molecule has 1 aliphatic rings. The van der Waals surface area contributed by atoms with Crippen LogP contribution in [-0.4, -0.2) is 59.6 Å². The average molecular weight is 693 g/mol.